The molecule has 0 unspecified atom stereocenters. The molecule has 0 aliphatic rings. The summed E-state index contributed by atoms with van der Waals surface area (Å²) < 4.78 is 1.09. The van der Waals surface area contributed by atoms with Gasteiger partial charge >= 0.3 is 0 Å². The highest BCUT2D eigenvalue weighted by Gasteiger charge is 2.01. The van der Waals surface area contributed by atoms with Gasteiger partial charge in [0.15, 0.2) is 0 Å². The van der Waals surface area contributed by atoms with E-state index < -0.39 is 5.91 Å². The number of nitrogens with zero attached hydrogens (tertiary/aromatic N) is 1. The Labute approximate surface area is 93.7 Å². The van der Waals surface area contributed by atoms with Crippen LogP contribution in [0.15, 0.2) is 12.7 Å². The summed E-state index contributed by atoms with van der Waals surface area (Å²) >= 11 is 0. The monoisotopic (exact) mass is 226 g/mol. The number of carbonyl (C=O) groups is 1. The molecule has 0 rings (SSSR count). The number of hydrogen-bond donors (Lipinski definition) is 2. The summed E-state index contributed by atoms with van der Waals surface area (Å²) in [5.74, 6) is -0.481. The van der Waals surface area contributed by atoms with Crippen molar-refractivity contribution < 1.29 is 9.28 Å². The maximum atomic E-state index is 9.47. The van der Waals surface area contributed by atoms with Crippen molar-refractivity contribution in [1.29, 1.82) is 0 Å². The van der Waals surface area contributed by atoms with Crippen LogP contribution in [-0.4, -0.2) is 38.1 Å². The normalized spacial score (nSPS) is 8.29. The fourth-order valence-electron chi connectivity index (χ4n) is 0.671. The van der Waals surface area contributed by atoms with Crippen molar-refractivity contribution in [3.05, 3.63) is 12.7 Å². The Bertz CT molecular complexity index is 143. The van der Waals surface area contributed by atoms with E-state index in [2.05, 4.69) is 40.4 Å². The van der Waals surface area contributed by atoms with E-state index in [-0.39, 0.29) is 18.6 Å². The van der Waals surface area contributed by atoms with E-state index in [1.54, 1.807) is 0 Å². The zero-order valence-electron chi connectivity index (χ0n) is 9.75. The predicted octanol–water partition coefficient (Wildman–Crippen LogP) is 1.34. The molecule has 5 heteroatoms. The lowest BCUT2D eigenvalue weighted by molar-refractivity contribution is -0.870. The number of carbonyl (C=O) groups excluding carboxylic acids is 1. The van der Waals surface area contributed by atoms with Crippen LogP contribution in [0.5, 0.6) is 0 Å². The molecule has 0 saturated carbocycles. The van der Waals surface area contributed by atoms with Gasteiger partial charge in [0.05, 0.1) is 27.7 Å². The first-order chi connectivity index (χ1) is 5.33. The molecule has 0 aromatic carbocycles. The number of nitrogens with two attached hydrogens (primary N) is 1. The average Bonchev–Trinajstić information content (AvgIpc) is 1.86. The quantitative estimate of drug-likeness (QED) is 0.563. The first-order valence-corrected chi connectivity index (χ1v) is 4.05. The highest BCUT2D eigenvalue weighted by atomic mass is 35.5. The lowest BCUT2D eigenvalue weighted by atomic mass is 10.4. The molecular weight excluding hydrogens is 202 g/mol. The zero-order valence-corrected chi connectivity index (χ0v) is 10.6. The van der Waals surface area contributed by atoms with Gasteiger partial charge in [0, 0.05) is 0 Å². The topological polar surface area (TPSA) is 78.1 Å². The molecule has 1 amide bonds. The van der Waals surface area contributed by atoms with Crippen LogP contribution in [-0.2, 0) is 4.79 Å². The van der Waals surface area contributed by atoms with Crippen molar-refractivity contribution in [2.24, 2.45) is 5.73 Å². The van der Waals surface area contributed by atoms with E-state index in [0.29, 0.717) is 0 Å². The minimum absolute atomic E-state index is 0. The summed E-state index contributed by atoms with van der Waals surface area (Å²) in [5, 5.41) is 0. The highest BCUT2D eigenvalue weighted by Crippen LogP contribution is 1.90. The lowest BCUT2D eigenvalue weighted by Gasteiger charge is -2.22. The van der Waals surface area contributed by atoms with Crippen molar-refractivity contribution in [3.63, 3.8) is 0 Å². The lowest BCUT2D eigenvalue weighted by Crippen LogP contribution is -2.34. The molecule has 0 aliphatic heterocycles. The van der Waals surface area contributed by atoms with Crippen LogP contribution in [0.4, 0.5) is 0 Å². The zero-order chi connectivity index (χ0) is 10.2. The molecule has 0 aromatic heterocycles. The van der Waals surface area contributed by atoms with E-state index in [1.165, 1.54) is 13.0 Å². The van der Waals surface area contributed by atoms with Crippen molar-refractivity contribution >= 4 is 18.3 Å². The molecule has 0 radical (unpaired) electrons. The second-order valence-electron chi connectivity index (χ2n) is 3.62. The van der Waals surface area contributed by atoms with Crippen LogP contribution >= 0.6 is 12.4 Å². The minimum Gasteiger partial charge on any atom is -0.366 e. The SMILES string of the molecule is C=CC(N)=O.CCC[N+](C)(C)C.Cl.N. The molecule has 4 nitrogen and oxygen atoms in total. The molecule has 0 aromatic rings. The molecule has 0 atom stereocenters. The predicted molar refractivity (Wildman–Crippen MR) is 64.9 cm³/mol. The number of hydrogen-bond acceptors (Lipinski definition) is 2. The number of amides is 1. The van der Waals surface area contributed by atoms with E-state index in [1.807, 2.05) is 0 Å². The fourth-order valence-corrected chi connectivity index (χ4v) is 0.671. The van der Waals surface area contributed by atoms with Crippen LogP contribution in [0.3, 0.4) is 0 Å². The van der Waals surface area contributed by atoms with Gasteiger partial charge in [-0.3, -0.25) is 4.79 Å². The summed E-state index contributed by atoms with van der Waals surface area (Å²) in [5.41, 5.74) is 4.53. The molecule has 14 heavy (non-hydrogen) atoms. The minimum atomic E-state index is -0.481. The standard InChI is InChI=1S/C6H16N.C3H5NO.ClH.H3N/c1-5-6-7(2,3)4;1-2-3(4)5;;/h5-6H2,1-4H3;2H,1H2,(H2,4,5);1H;1H3/q+1;;;. The summed E-state index contributed by atoms with van der Waals surface area (Å²) in [6.45, 7) is 6.58. The Morgan fingerprint density at radius 3 is 1.71 bits per heavy atom. The van der Waals surface area contributed by atoms with Gasteiger partial charge in [-0.1, -0.05) is 13.5 Å². The number of primary amides is 1. The Kier molecular flexibility index (Phi) is 20.7. The average molecular weight is 227 g/mol. The molecule has 0 aliphatic carbocycles. The molecule has 88 valence electrons. The van der Waals surface area contributed by atoms with E-state index in [9.17, 15) is 4.79 Å². The number of halogens is 1. The Hall–Kier alpha value is -0.580. The molecular formula is C9H25ClN3O+. The Morgan fingerprint density at radius 1 is 1.43 bits per heavy atom. The molecule has 0 bridgehead atoms. The molecule has 0 heterocycles. The van der Waals surface area contributed by atoms with Crippen molar-refractivity contribution in [2.75, 3.05) is 27.7 Å². The van der Waals surface area contributed by atoms with Gasteiger partial charge in [0.1, 0.15) is 0 Å². The molecule has 0 saturated heterocycles. The maximum absolute atomic E-state index is 9.47. The molecule has 5 N–H and O–H groups in total. The van der Waals surface area contributed by atoms with Gasteiger partial charge in [-0.2, -0.15) is 0 Å². The second-order valence-corrected chi connectivity index (χ2v) is 3.62. The van der Waals surface area contributed by atoms with Crippen molar-refractivity contribution in [2.45, 2.75) is 13.3 Å². The first-order valence-electron chi connectivity index (χ1n) is 4.05. The Morgan fingerprint density at radius 2 is 1.71 bits per heavy atom. The smallest absolute Gasteiger partial charge is 0.240 e. The van der Waals surface area contributed by atoms with Crippen LogP contribution in [0.25, 0.3) is 0 Å². The largest absolute Gasteiger partial charge is 0.366 e. The van der Waals surface area contributed by atoms with Crippen LogP contribution in [0.2, 0.25) is 0 Å². The Balaban J connectivity index is -0.0000000651. The van der Waals surface area contributed by atoms with E-state index in [4.69, 9.17) is 0 Å². The molecule has 0 spiro atoms. The van der Waals surface area contributed by atoms with Crippen LogP contribution in [0.1, 0.15) is 13.3 Å². The van der Waals surface area contributed by atoms with Gasteiger partial charge in [0.2, 0.25) is 5.91 Å². The summed E-state index contributed by atoms with van der Waals surface area (Å²) in [6, 6.07) is 0. The first kappa shape index (κ1) is 23.3. The van der Waals surface area contributed by atoms with Crippen molar-refractivity contribution in [3.8, 4) is 0 Å². The number of quaternary nitrogens is 1. The van der Waals surface area contributed by atoms with Crippen LogP contribution < -0.4 is 11.9 Å². The molecule has 0 fully saturated rings. The van der Waals surface area contributed by atoms with Gasteiger partial charge in [-0.25, -0.2) is 0 Å². The highest BCUT2D eigenvalue weighted by molar-refractivity contribution is 5.85. The third kappa shape index (κ3) is 42.2. The van der Waals surface area contributed by atoms with Gasteiger partial charge in [0.25, 0.3) is 0 Å². The van der Waals surface area contributed by atoms with Crippen molar-refractivity contribution in [1.82, 2.24) is 6.15 Å². The van der Waals surface area contributed by atoms with Gasteiger partial charge in [-0.05, 0) is 12.5 Å². The van der Waals surface area contributed by atoms with E-state index in [0.717, 1.165) is 10.6 Å². The third-order valence-corrected chi connectivity index (χ3v) is 1.10. The van der Waals surface area contributed by atoms with Crippen LogP contribution in [0, 0.1) is 0 Å². The summed E-state index contributed by atoms with van der Waals surface area (Å²) in [7, 11) is 6.64. The third-order valence-electron chi connectivity index (χ3n) is 1.10. The van der Waals surface area contributed by atoms with Gasteiger partial charge < -0.3 is 16.4 Å². The fraction of sp³-hybridized carbons (Fsp3) is 0.667. The number of rotatable bonds is 3. The summed E-state index contributed by atoms with van der Waals surface area (Å²) in [6.07, 6.45) is 2.34. The maximum Gasteiger partial charge on any atom is 0.240 e. The summed E-state index contributed by atoms with van der Waals surface area (Å²) in [4.78, 5) is 9.47. The van der Waals surface area contributed by atoms with E-state index >= 15 is 0 Å². The van der Waals surface area contributed by atoms with Gasteiger partial charge in [-0.15, -0.1) is 12.4 Å². The second kappa shape index (κ2) is 12.4.